The number of alkyl carbamates (subject to hydrolysis) is 1. The first-order chi connectivity index (χ1) is 29.1. The summed E-state index contributed by atoms with van der Waals surface area (Å²) in [6.45, 7) is 32.4. The molecular formula is C51H79N3O9. The molecule has 12 heteroatoms. The van der Waals surface area contributed by atoms with Crippen LogP contribution in [-0.4, -0.2) is 79.8 Å². The third-order valence-corrected chi connectivity index (χ3v) is 11.8. The molecule has 0 saturated carbocycles. The van der Waals surface area contributed by atoms with Gasteiger partial charge in [0.15, 0.2) is 0 Å². The Balaban J connectivity index is 1.81. The van der Waals surface area contributed by atoms with Gasteiger partial charge < -0.3 is 28.4 Å². The van der Waals surface area contributed by atoms with Gasteiger partial charge in [-0.05, 0) is 141 Å². The number of carbonyl (C=O) groups excluding carboxylic acids is 3. The molecule has 4 atom stereocenters. The number of ether oxygens (including phenoxy) is 6. The summed E-state index contributed by atoms with van der Waals surface area (Å²) in [6, 6.07) is 15.6. The number of carbonyl (C=O) groups is 3. The van der Waals surface area contributed by atoms with E-state index in [4.69, 9.17) is 28.4 Å². The Hall–Kier alpha value is -4.39. The minimum atomic E-state index is -0.842. The van der Waals surface area contributed by atoms with Crippen molar-refractivity contribution in [1.82, 2.24) is 5.32 Å². The van der Waals surface area contributed by atoms with Crippen LogP contribution >= 0.6 is 0 Å². The number of nitrogens with one attached hydrogen (secondary N) is 2. The van der Waals surface area contributed by atoms with Gasteiger partial charge in [-0.25, -0.2) is 14.4 Å². The van der Waals surface area contributed by atoms with Crippen molar-refractivity contribution in [3.8, 4) is 0 Å². The van der Waals surface area contributed by atoms with Crippen molar-refractivity contribution in [2.45, 2.75) is 158 Å². The SMILES string of the molecule is CC(C)C(C)OCC(C)(C)OC(=O)Nc1ccc(C(c2ccc(N(C)C(=O)OC(C)(C)COC(C)C(C)C)cc2)C2C=CC(NC(=O)OC(C)(C)COC(C)(C)C(C)C)=CC2)cc1. The van der Waals surface area contributed by atoms with Crippen LogP contribution in [0, 0.1) is 23.7 Å². The molecule has 1 aliphatic rings. The molecule has 2 N–H and O–H groups in total. The fourth-order valence-electron chi connectivity index (χ4n) is 6.21. The zero-order valence-corrected chi connectivity index (χ0v) is 41.3. The number of nitrogens with zero attached hydrogens (tertiary/aromatic N) is 1. The predicted molar refractivity (Wildman–Crippen MR) is 252 cm³/mol. The molecule has 0 fully saturated rings. The first kappa shape index (κ1) is 53.0. The monoisotopic (exact) mass is 878 g/mol. The molecule has 0 bridgehead atoms. The summed E-state index contributed by atoms with van der Waals surface area (Å²) in [5.74, 6) is 0.846. The van der Waals surface area contributed by atoms with E-state index in [0.29, 0.717) is 41.2 Å². The van der Waals surface area contributed by atoms with Gasteiger partial charge >= 0.3 is 18.3 Å². The molecular weight excluding hydrogens is 799 g/mol. The van der Waals surface area contributed by atoms with Crippen molar-refractivity contribution in [2.24, 2.45) is 23.7 Å². The fraction of sp³-hybridized carbons (Fsp3) is 0.627. The van der Waals surface area contributed by atoms with Crippen molar-refractivity contribution >= 4 is 29.7 Å². The Kier molecular flexibility index (Phi) is 18.9. The lowest BCUT2D eigenvalue weighted by molar-refractivity contribution is -0.111. The van der Waals surface area contributed by atoms with E-state index in [1.165, 1.54) is 4.90 Å². The molecule has 12 nitrogen and oxygen atoms in total. The summed E-state index contributed by atoms with van der Waals surface area (Å²) in [6.07, 6.45) is 5.06. The van der Waals surface area contributed by atoms with Crippen LogP contribution in [0.3, 0.4) is 0 Å². The highest BCUT2D eigenvalue weighted by Crippen LogP contribution is 2.38. The molecule has 0 saturated heterocycles. The van der Waals surface area contributed by atoms with Crippen molar-refractivity contribution < 1.29 is 42.8 Å². The molecule has 3 rings (SSSR count). The second-order valence-electron chi connectivity index (χ2n) is 20.4. The van der Waals surface area contributed by atoms with E-state index in [9.17, 15) is 14.4 Å². The van der Waals surface area contributed by atoms with Crippen LogP contribution in [0.15, 0.2) is 72.5 Å². The number of hydrogen-bond acceptors (Lipinski definition) is 9. The minimum absolute atomic E-state index is 0.00458. The van der Waals surface area contributed by atoms with Gasteiger partial charge in [0.1, 0.15) is 16.8 Å². The molecule has 352 valence electrons. The third-order valence-electron chi connectivity index (χ3n) is 11.8. The Morgan fingerprint density at radius 2 is 1.11 bits per heavy atom. The van der Waals surface area contributed by atoms with Gasteiger partial charge in [0.25, 0.3) is 0 Å². The van der Waals surface area contributed by atoms with E-state index < -0.39 is 35.1 Å². The molecule has 63 heavy (non-hydrogen) atoms. The summed E-state index contributed by atoms with van der Waals surface area (Å²) in [4.78, 5) is 40.8. The number of amides is 3. The van der Waals surface area contributed by atoms with Crippen molar-refractivity contribution in [2.75, 3.05) is 37.1 Å². The summed E-state index contributed by atoms with van der Waals surface area (Å²) in [7, 11) is 1.69. The maximum Gasteiger partial charge on any atom is 0.414 e. The standard InChI is InChI=1S/C51H79N3O9/c1-33(2)36(7)58-30-48(9,10)61-45(55)52-41-24-18-38(19-25-41)44(39-20-26-42(27-21-39)53-46(56)62-50(13,14)32-60-51(15,16)35(5)6)40-22-28-43(29-23-40)54(17)47(57)63-49(11,12)31-59-37(8)34(3)4/h18-20,22-29,33-37,39,44H,21,30-32H2,1-17H3,(H,52,55)(H,53,56). The van der Waals surface area contributed by atoms with Crippen LogP contribution in [0.5, 0.6) is 0 Å². The lowest BCUT2D eigenvalue weighted by Crippen LogP contribution is -2.42. The van der Waals surface area contributed by atoms with E-state index in [1.807, 2.05) is 130 Å². The molecule has 0 aliphatic heterocycles. The molecule has 2 aromatic rings. The summed E-state index contributed by atoms with van der Waals surface area (Å²) in [5, 5.41) is 5.76. The van der Waals surface area contributed by atoms with Gasteiger partial charge in [0, 0.05) is 30.0 Å². The second kappa shape index (κ2) is 22.5. The largest absolute Gasteiger partial charge is 0.441 e. The molecule has 0 aromatic heterocycles. The van der Waals surface area contributed by atoms with Crippen molar-refractivity contribution in [3.05, 3.63) is 83.6 Å². The third kappa shape index (κ3) is 17.3. The van der Waals surface area contributed by atoms with E-state index in [0.717, 1.165) is 11.1 Å². The van der Waals surface area contributed by atoms with Gasteiger partial charge in [0.2, 0.25) is 0 Å². The topological polar surface area (TPSA) is 134 Å². The molecule has 2 aromatic carbocycles. The number of hydrogen-bond donors (Lipinski definition) is 2. The molecule has 3 amide bonds. The number of benzene rings is 2. The van der Waals surface area contributed by atoms with Gasteiger partial charge in [-0.3, -0.25) is 15.5 Å². The number of anilines is 2. The van der Waals surface area contributed by atoms with Crippen LogP contribution in [0.4, 0.5) is 25.8 Å². The zero-order chi connectivity index (χ0) is 47.5. The van der Waals surface area contributed by atoms with Gasteiger partial charge in [-0.1, -0.05) is 78.0 Å². The van der Waals surface area contributed by atoms with E-state index in [1.54, 1.807) is 7.05 Å². The Morgan fingerprint density at radius 3 is 1.57 bits per heavy atom. The van der Waals surface area contributed by atoms with Crippen molar-refractivity contribution in [1.29, 1.82) is 0 Å². The van der Waals surface area contributed by atoms with Crippen LogP contribution in [0.1, 0.15) is 134 Å². The second-order valence-corrected chi connectivity index (χ2v) is 20.4. The van der Waals surface area contributed by atoms with E-state index >= 15 is 0 Å². The average Bonchev–Trinajstić information content (AvgIpc) is 3.19. The van der Waals surface area contributed by atoms with Crippen LogP contribution in [0.2, 0.25) is 0 Å². The Labute approximate surface area is 378 Å². The summed E-state index contributed by atoms with van der Waals surface area (Å²) >= 11 is 0. The molecule has 1 aliphatic carbocycles. The highest BCUT2D eigenvalue weighted by molar-refractivity contribution is 5.87. The molecule has 0 heterocycles. The maximum atomic E-state index is 13.3. The van der Waals surface area contributed by atoms with Crippen LogP contribution < -0.4 is 15.5 Å². The highest BCUT2D eigenvalue weighted by atomic mass is 16.6. The van der Waals surface area contributed by atoms with E-state index in [2.05, 4.69) is 58.3 Å². The number of rotatable bonds is 21. The predicted octanol–water partition coefficient (Wildman–Crippen LogP) is 12.0. The number of allylic oxidation sites excluding steroid dienone is 3. The molecule has 0 spiro atoms. The maximum absolute atomic E-state index is 13.3. The zero-order valence-electron chi connectivity index (χ0n) is 41.3. The average molecular weight is 878 g/mol. The summed E-state index contributed by atoms with van der Waals surface area (Å²) < 4.78 is 35.4. The van der Waals surface area contributed by atoms with E-state index in [-0.39, 0.29) is 49.5 Å². The smallest absolute Gasteiger partial charge is 0.414 e. The molecule has 4 unspecified atom stereocenters. The van der Waals surface area contributed by atoms with Crippen LogP contribution in [-0.2, 0) is 28.4 Å². The Bertz CT molecular complexity index is 1850. The lowest BCUT2D eigenvalue weighted by atomic mass is 9.77. The summed E-state index contributed by atoms with van der Waals surface area (Å²) in [5.41, 5.74) is 1.06. The van der Waals surface area contributed by atoms with Crippen LogP contribution in [0.25, 0.3) is 0 Å². The van der Waals surface area contributed by atoms with Gasteiger partial charge in [0.05, 0.1) is 37.6 Å². The normalized spacial score (nSPS) is 16.3. The fourth-order valence-corrected chi connectivity index (χ4v) is 6.21. The first-order valence-electron chi connectivity index (χ1n) is 22.5. The highest BCUT2D eigenvalue weighted by Gasteiger charge is 2.32. The van der Waals surface area contributed by atoms with Crippen molar-refractivity contribution in [3.63, 3.8) is 0 Å². The lowest BCUT2D eigenvalue weighted by Gasteiger charge is -2.34. The van der Waals surface area contributed by atoms with Gasteiger partial charge in [-0.2, -0.15) is 0 Å². The minimum Gasteiger partial charge on any atom is -0.441 e. The first-order valence-corrected chi connectivity index (χ1v) is 22.5. The molecule has 0 radical (unpaired) electrons. The quantitative estimate of drug-likeness (QED) is 0.118. The Morgan fingerprint density at radius 1 is 0.651 bits per heavy atom. The van der Waals surface area contributed by atoms with Gasteiger partial charge in [-0.15, -0.1) is 0 Å².